The van der Waals surface area contributed by atoms with Crippen molar-refractivity contribution in [2.24, 2.45) is 10.9 Å². The number of hydrogen-bond donors (Lipinski definition) is 3. The molecule has 4 rings (SSSR count). The number of morpholine rings is 1. The van der Waals surface area contributed by atoms with Gasteiger partial charge in [0.15, 0.2) is 11.6 Å². The molecule has 0 radical (unpaired) electrons. The second kappa shape index (κ2) is 17.7. The molecule has 220 valence electrons. The molecule has 1 aliphatic rings. The fourth-order valence-electron chi connectivity index (χ4n) is 3.90. The highest BCUT2D eigenvalue weighted by Gasteiger charge is 2.19. The van der Waals surface area contributed by atoms with Crippen LogP contribution in [0.5, 0.6) is 0 Å². The topological polar surface area (TPSA) is 125 Å². The molecule has 0 bridgehead atoms. The lowest BCUT2D eigenvalue weighted by Crippen LogP contribution is -2.38. The largest absolute Gasteiger partial charge is 0.396 e. The third kappa shape index (κ3) is 10.9. The van der Waals surface area contributed by atoms with Gasteiger partial charge in [-0.2, -0.15) is 15.2 Å². The lowest BCUT2D eigenvalue weighted by atomic mass is 10.1. The Morgan fingerprint density at radius 1 is 1.12 bits per heavy atom. The number of allylic oxidation sites excluding steroid dienone is 1. The van der Waals surface area contributed by atoms with Crippen molar-refractivity contribution >= 4 is 29.4 Å². The molecule has 1 aliphatic heterocycles. The van der Waals surface area contributed by atoms with Gasteiger partial charge in [0.25, 0.3) is 5.95 Å². The van der Waals surface area contributed by atoms with Crippen molar-refractivity contribution in [2.45, 2.75) is 46.0 Å². The zero-order valence-corrected chi connectivity index (χ0v) is 23.9. The van der Waals surface area contributed by atoms with E-state index < -0.39 is 5.82 Å². The number of unbranched alkanes of at least 4 members (excludes halogenated alkanes) is 1. The SMILES string of the molecule is CC/C=C\CCO.CCCCc1cccc(Nc2ccc(/C=N/N(N)c3ncc(F)c(N4CCOCC4)n3)nc2)c1. The van der Waals surface area contributed by atoms with Crippen LogP contribution < -0.4 is 21.2 Å². The second-order valence-corrected chi connectivity index (χ2v) is 9.32. The average molecular weight is 565 g/mol. The average Bonchev–Trinajstić information content (AvgIpc) is 3.01. The van der Waals surface area contributed by atoms with E-state index in [1.165, 1.54) is 24.6 Å². The van der Waals surface area contributed by atoms with Crippen LogP contribution >= 0.6 is 0 Å². The van der Waals surface area contributed by atoms with Gasteiger partial charge < -0.3 is 20.1 Å². The van der Waals surface area contributed by atoms with Crippen LogP contribution in [0.15, 0.2) is 66.0 Å². The molecule has 3 heterocycles. The maximum absolute atomic E-state index is 14.2. The molecule has 2 aromatic heterocycles. The van der Waals surface area contributed by atoms with Crippen LogP contribution in [-0.4, -0.2) is 59.2 Å². The Labute approximate surface area is 241 Å². The van der Waals surface area contributed by atoms with Crippen molar-refractivity contribution in [3.63, 3.8) is 0 Å². The first kappa shape index (κ1) is 31.6. The number of aromatic nitrogens is 3. The molecule has 0 unspecified atom stereocenters. The number of anilines is 4. The summed E-state index contributed by atoms with van der Waals surface area (Å²) in [6, 6.07) is 12.1. The number of nitrogens with one attached hydrogen (secondary N) is 1. The quantitative estimate of drug-likeness (QED) is 0.121. The molecule has 0 spiro atoms. The maximum atomic E-state index is 14.2. The normalized spacial score (nSPS) is 13.3. The minimum atomic E-state index is -0.510. The highest BCUT2D eigenvalue weighted by Crippen LogP contribution is 2.20. The molecule has 1 saturated heterocycles. The minimum Gasteiger partial charge on any atom is -0.396 e. The summed E-state index contributed by atoms with van der Waals surface area (Å²) in [4.78, 5) is 14.4. The molecule has 0 amide bonds. The standard InChI is InChI=1S/C24H29FN8O.C6H12O/c1-2-3-5-18-6-4-7-19(14-18)30-21-9-8-20(27-15-21)16-29-33(26)24-28-17-22(25)23(31-24)32-10-12-34-13-11-32;1-2-3-4-5-6-7/h4,6-9,14-17,30H,2-3,5,10-13,26H2,1H3;3-4,7H,2,5-6H2,1H3/b29-16+;4-3-. The summed E-state index contributed by atoms with van der Waals surface area (Å²) in [5.74, 6) is 5.74. The van der Waals surface area contributed by atoms with E-state index in [1.807, 2.05) is 24.3 Å². The molecule has 0 atom stereocenters. The van der Waals surface area contributed by atoms with Crippen molar-refractivity contribution in [2.75, 3.05) is 48.2 Å². The molecule has 11 heteroatoms. The Balaban J connectivity index is 0.000000587. The van der Waals surface area contributed by atoms with Crippen LogP contribution in [0.4, 0.5) is 27.5 Å². The number of hydrogen-bond acceptors (Lipinski definition) is 10. The Morgan fingerprint density at radius 2 is 1.95 bits per heavy atom. The third-order valence-electron chi connectivity index (χ3n) is 6.06. The van der Waals surface area contributed by atoms with Gasteiger partial charge in [-0.25, -0.2) is 15.2 Å². The van der Waals surface area contributed by atoms with Gasteiger partial charge >= 0.3 is 0 Å². The second-order valence-electron chi connectivity index (χ2n) is 9.32. The number of hydrazine groups is 1. The number of halogens is 1. The molecule has 1 fully saturated rings. The van der Waals surface area contributed by atoms with E-state index in [0.717, 1.165) is 42.0 Å². The lowest BCUT2D eigenvalue weighted by molar-refractivity contribution is 0.122. The van der Waals surface area contributed by atoms with Crippen LogP contribution in [0.1, 0.15) is 50.8 Å². The predicted molar refractivity (Wildman–Crippen MR) is 163 cm³/mol. The van der Waals surface area contributed by atoms with Crippen molar-refractivity contribution < 1.29 is 14.2 Å². The summed E-state index contributed by atoms with van der Waals surface area (Å²) in [7, 11) is 0. The summed E-state index contributed by atoms with van der Waals surface area (Å²) >= 11 is 0. The van der Waals surface area contributed by atoms with E-state index >= 15 is 0 Å². The van der Waals surface area contributed by atoms with E-state index in [4.69, 9.17) is 15.7 Å². The maximum Gasteiger partial charge on any atom is 0.263 e. The first-order valence-electron chi connectivity index (χ1n) is 14.1. The number of rotatable bonds is 12. The van der Waals surface area contributed by atoms with Crippen molar-refractivity contribution in [1.82, 2.24) is 15.0 Å². The third-order valence-corrected chi connectivity index (χ3v) is 6.06. The molecule has 0 saturated carbocycles. The summed E-state index contributed by atoms with van der Waals surface area (Å²) in [6.45, 7) is 6.68. The van der Waals surface area contributed by atoms with Gasteiger partial charge in [0.05, 0.1) is 43.2 Å². The zero-order valence-electron chi connectivity index (χ0n) is 23.9. The van der Waals surface area contributed by atoms with Gasteiger partial charge in [0.2, 0.25) is 0 Å². The number of pyridine rings is 1. The number of ether oxygens (including phenoxy) is 1. The Kier molecular flexibility index (Phi) is 13.6. The van der Waals surface area contributed by atoms with Crippen molar-refractivity contribution in [3.8, 4) is 0 Å². The van der Waals surface area contributed by atoms with E-state index in [-0.39, 0.29) is 18.4 Å². The highest BCUT2D eigenvalue weighted by atomic mass is 19.1. The number of aliphatic hydroxyl groups excluding tert-OH is 1. The van der Waals surface area contributed by atoms with Crippen LogP contribution in [0.2, 0.25) is 0 Å². The molecule has 0 aliphatic carbocycles. The van der Waals surface area contributed by atoms with Crippen LogP contribution in [0, 0.1) is 5.82 Å². The van der Waals surface area contributed by atoms with Gasteiger partial charge in [-0.3, -0.25) is 4.98 Å². The molecule has 10 nitrogen and oxygen atoms in total. The molecule has 4 N–H and O–H groups in total. The summed E-state index contributed by atoms with van der Waals surface area (Å²) in [5.41, 5.74) is 3.81. The first-order valence-corrected chi connectivity index (χ1v) is 14.1. The van der Waals surface area contributed by atoms with Gasteiger partial charge in [-0.1, -0.05) is 44.6 Å². The Hall–Kier alpha value is -3.93. The summed E-state index contributed by atoms with van der Waals surface area (Å²) in [5, 5.41) is 16.8. The zero-order chi connectivity index (χ0) is 29.3. The minimum absolute atomic E-state index is 0.0837. The number of aliphatic hydroxyl groups is 1. The molecule has 3 aromatic rings. The van der Waals surface area contributed by atoms with Crippen LogP contribution in [0.3, 0.4) is 0 Å². The smallest absolute Gasteiger partial charge is 0.263 e. The van der Waals surface area contributed by atoms with Gasteiger partial charge in [-0.15, -0.1) is 0 Å². The van der Waals surface area contributed by atoms with E-state index in [0.29, 0.717) is 32.0 Å². The molecular weight excluding hydrogens is 523 g/mol. The first-order chi connectivity index (χ1) is 20.0. The van der Waals surface area contributed by atoms with Gasteiger partial charge in [0.1, 0.15) is 0 Å². The lowest BCUT2D eigenvalue weighted by Gasteiger charge is -2.28. The molecular formula is C30H41FN8O2. The van der Waals surface area contributed by atoms with Crippen molar-refractivity contribution in [1.29, 1.82) is 0 Å². The van der Waals surface area contributed by atoms with Crippen LogP contribution in [0.25, 0.3) is 0 Å². The number of nitrogens with two attached hydrogens (primary N) is 1. The Bertz CT molecular complexity index is 1230. The fourth-order valence-corrected chi connectivity index (χ4v) is 3.90. The number of nitrogens with zero attached hydrogens (tertiary/aromatic N) is 6. The molecule has 41 heavy (non-hydrogen) atoms. The van der Waals surface area contributed by atoms with E-state index in [2.05, 4.69) is 63.5 Å². The van der Waals surface area contributed by atoms with E-state index in [9.17, 15) is 4.39 Å². The fraction of sp³-hybridized carbons (Fsp3) is 0.400. The number of benzene rings is 1. The number of aryl methyl sites for hydroxylation is 1. The van der Waals surface area contributed by atoms with Gasteiger partial charge in [-0.05, 0) is 55.5 Å². The van der Waals surface area contributed by atoms with E-state index in [1.54, 1.807) is 11.1 Å². The highest BCUT2D eigenvalue weighted by molar-refractivity contribution is 5.78. The predicted octanol–water partition coefficient (Wildman–Crippen LogP) is 4.98. The number of hydrazone groups is 1. The van der Waals surface area contributed by atoms with Crippen LogP contribution in [-0.2, 0) is 11.2 Å². The summed E-state index contributed by atoms with van der Waals surface area (Å²) in [6.07, 6.45) is 13.6. The monoisotopic (exact) mass is 564 g/mol. The van der Waals surface area contributed by atoms with Gasteiger partial charge in [0, 0.05) is 25.4 Å². The van der Waals surface area contributed by atoms with Crippen molar-refractivity contribution in [3.05, 3.63) is 78.0 Å². The Morgan fingerprint density at radius 3 is 2.66 bits per heavy atom. The molecule has 1 aromatic carbocycles. The summed E-state index contributed by atoms with van der Waals surface area (Å²) < 4.78 is 19.5.